The van der Waals surface area contributed by atoms with Crippen molar-refractivity contribution >= 4 is 46.6 Å². The number of halogens is 1. The fraction of sp³-hybridized carbons (Fsp3) is 0.867. The number of hydrogen-bond donors (Lipinski definition) is 1. The van der Waals surface area contributed by atoms with Crippen LogP contribution in [0, 0.1) is 0 Å². The topological polar surface area (TPSA) is 65.0 Å². The average Bonchev–Trinajstić information content (AvgIpc) is 2.45. The summed E-state index contributed by atoms with van der Waals surface area (Å²) in [6, 6.07) is 0. The maximum Gasteiger partial charge on any atom is 0.219 e. The number of aliphatic imine (C=N–C) groups is 1. The molecule has 1 aliphatic heterocycles. The van der Waals surface area contributed by atoms with Crippen LogP contribution >= 0.6 is 24.0 Å². The predicted octanol–water partition coefficient (Wildman–Crippen LogP) is 1.28. The number of hydrogen-bond acceptors (Lipinski definition) is 3. The second-order valence-corrected chi connectivity index (χ2v) is 8.71. The zero-order valence-corrected chi connectivity index (χ0v) is 18.1. The smallest absolute Gasteiger partial charge is 0.219 e. The van der Waals surface area contributed by atoms with Crippen molar-refractivity contribution in [2.45, 2.75) is 39.4 Å². The average molecular weight is 458 g/mol. The molecule has 1 atom stereocenters. The zero-order chi connectivity index (χ0) is 16.8. The Balaban J connectivity index is 0.00000484. The molecule has 1 fully saturated rings. The summed E-state index contributed by atoms with van der Waals surface area (Å²) >= 11 is 0. The monoisotopic (exact) mass is 458 g/mol. The Kier molecular flexibility index (Phi) is 10.3. The van der Waals surface area contributed by atoms with E-state index < -0.39 is 10.8 Å². The molecule has 1 rings (SSSR count). The van der Waals surface area contributed by atoms with Gasteiger partial charge in [-0.3, -0.25) is 14.0 Å². The molecule has 136 valence electrons. The van der Waals surface area contributed by atoms with Gasteiger partial charge in [0.25, 0.3) is 0 Å². The number of guanidine groups is 1. The highest BCUT2D eigenvalue weighted by molar-refractivity contribution is 14.0. The second kappa shape index (κ2) is 10.5. The molecule has 8 heteroatoms. The minimum atomic E-state index is -0.881. The summed E-state index contributed by atoms with van der Waals surface area (Å²) in [7, 11) is -0.881. The molecule has 23 heavy (non-hydrogen) atoms. The number of rotatable bonds is 4. The van der Waals surface area contributed by atoms with E-state index in [1.54, 1.807) is 6.92 Å². The summed E-state index contributed by atoms with van der Waals surface area (Å²) in [5, 5.41) is 3.28. The van der Waals surface area contributed by atoms with E-state index >= 15 is 0 Å². The van der Waals surface area contributed by atoms with E-state index in [2.05, 4.69) is 15.2 Å². The summed E-state index contributed by atoms with van der Waals surface area (Å²) in [5.41, 5.74) is 0. The van der Waals surface area contributed by atoms with Crippen molar-refractivity contribution in [3.63, 3.8) is 0 Å². The van der Waals surface area contributed by atoms with Crippen molar-refractivity contribution in [3.05, 3.63) is 0 Å². The number of carbonyl (C=O) groups is 1. The molecule has 0 aromatic rings. The number of piperazine rings is 1. The highest BCUT2D eigenvalue weighted by Gasteiger charge is 2.21. The van der Waals surface area contributed by atoms with Gasteiger partial charge >= 0.3 is 0 Å². The Bertz CT molecular complexity index is 430. The van der Waals surface area contributed by atoms with Gasteiger partial charge in [0.05, 0.1) is 6.54 Å². The molecule has 0 bridgehead atoms. The lowest BCUT2D eigenvalue weighted by Gasteiger charge is -2.36. The van der Waals surface area contributed by atoms with Crippen molar-refractivity contribution in [3.8, 4) is 0 Å². The van der Waals surface area contributed by atoms with Crippen LogP contribution in [0.3, 0.4) is 0 Å². The van der Waals surface area contributed by atoms with Crippen LogP contribution in [0.25, 0.3) is 0 Å². The largest absolute Gasteiger partial charge is 0.357 e. The number of nitrogens with zero attached hydrogens (tertiary/aromatic N) is 3. The molecule has 1 saturated heterocycles. The standard InChI is InChI=1S/C15H30N4O2S.HI/c1-6-16-14(17-7-12-22(21)15(3,4)5)19-10-8-18(9-11-19)13(2)20;/h6-12H2,1-5H3,(H,16,17);1H. The third-order valence-electron chi connectivity index (χ3n) is 3.58. The molecular weight excluding hydrogens is 427 g/mol. The van der Waals surface area contributed by atoms with Gasteiger partial charge in [-0.15, -0.1) is 24.0 Å². The molecule has 1 unspecified atom stereocenters. The van der Waals surface area contributed by atoms with Crippen LogP contribution < -0.4 is 5.32 Å². The zero-order valence-electron chi connectivity index (χ0n) is 14.9. The maximum atomic E-state index is 12.1. The fourth-order valence-electron chi connectivity index (χ4n) is 2.20. The highest BCUT2D eigenvalue weighted by Crippen LogP contribution is 2.11. The Morgan fingerprint density at radius 2 is 1.70 bits per heavy atom. The molecule has 0 aromatic heterocycles. The minimum absolute atomic E-state index is 0. The van der Waals surface area contributed by atoms with E-state index in [0.717, 1.165) is 38.7 Å². The van der Waals surface area contributed by atoms with Gasteiger partial charge in [-0.25, -0.2) is 0 Å². The summed E-state index contributed by atoms with van der Waals surface area (Å²) in [5.74, 6) is 1.56. The SMILES string of the molecule is CCNC(=NCCS(=O)C(C)(C)C)N1CCN(C(C)=O)CC1.I. The number of nitrogens with one attached hydrogen (secondary N) is 1. The first-order chi connectivity index (χ1) is 10.3. The minimum Gasteiger partial charge on any atom is -0.357 e. The quantitative estimate of drug-likeness (QED) is 0.392. The summed E-state index contributed by atoms with van der Waals surface area (Å²) in [6.45, 7) is 14.0. The lowest BCUT2D eigenvalue weighted by atomic mass is 10.3. The van der Waals surface area contributed by atoms with Crippen LogP contribution in [0.1, 0.15) is 34.6 Å². The molecule has 0 aliphatic carbocycles. The Hall–Kier alpha value is -0.380. The second-order valence-electron chi connectivity index (χ2n) is 6.39. The van der Waals surface area contributed by atoms with Crippen molar-refractivity contribution in [1.29, 1.82) is 0 Å². The first-order valence-corrected chi connectivity index (χ1v) is 9.25. The van der Waals surface area contributed by atoms with Crippen LogP contribution in [-0.4, -0.2) is 75.6 Å². The summed E-state index contributed by atoms with van der Waals surface area (Å²) in [6.07, 6.45) is 0. The van der Waals surface area contributed by atoms with Gasteiger partial charge in [-0.05, 0) is 27.7 Å². The highest BCUT2D eigenvalue weighted by atomic mass is 127. The Labute approximate surface area is 159 Å². The molecule has 1 amide bonds. The molecule has 0 spiro atoms. The van der Waals surface area contributed by atoms with Crippen molar-refractivity contribution in [2.24, 2.45) is 4.99 Å². The van der Waals surface area contributed by atoms with Crippen molar-refractivity contribution in [2.75, 3.05) is 45.0 Å². The molecule has 0 saturated carbocycles. The van der Waals surface area contributed by atoms with Crippen LogP contribution in [0.4, 0.5) is 0 Å². The van der Waals surface area contributed by atoms with Gasteiger partial charge in [-0.1, -0.05) is 0 Å². The Morgan fingerprint density at radius 1 is 1.17 bits per heavy atom. The van der Waals surface area contributed by atoms with Gasteiger partial charge < -0.3 is 15.1 Å². The number of carbonyl (C=O) groups excluding carboxylic acids is 1. The van der Waals surface area contributed by atoms with E-state index in [9.17, 15) is 9.00 Å². The first-order valence-electron chi connectivity index (χ1n) is 7.93. The summed E-state index contributed by atoms with van der Waals surface area (Å²) in [4.78, 5) is 20.0. The van der Waals surface area contributed by atoms with Crippen molar-refractivity contribution in [1.82, 2.24) is 15.1 Å². The third kappa shape index (κ3) is 7.82. The van der Waals surface area contributed by atoms with E-state index in [-0.39, 0.29) is 34.6 Å². The lowest BCUT2D eigenvalue weighted by molar-refractivity contribution is -0.130. The van der Waals surface area contributed by atoms with Gasteiger partial charge in [0.1, 0.15) is 0 Å². The molecule has 1 aliphatic rings. The molecule has 0 aromatic carbocycles. The predicted molar refractivity (Wildman–Crippen MR) is 108 cm³/mol. The van der Waals surface area contributed by atoms with E-state index in [1.807, 2.05) is 32.6 Å². The normalized spacial score (nSPS) is 17.5. The fourth-order valence-corrected chi connectivity index (χ4v) is 3.07. The van der Waals surface area contributed by atoms with E-state index in [4.69, 9.17) is 0 Å². The van der Waals surface area contributed by atoms with Crippen LogP contribution in [0.5, 0.6) is 0 Å². The third-order valence-corrected chi connectivity index (χ3v) is 5.50. The Morgan fingerprint density at radius 3 is 2.13 bits per heavy atom. The van der Waals surface area contributed by atoms with Gasteiger partial charge in [-0.2, -0.15) is 0 Å². The van der Waals surface area contributed by atoms with Crippen LogP contribution in [0.2, 0.25) is 0 Å². The van der Waals surface area contributed by atoms with Gasteiger partial charge in [0.2, 0.25) is 5.91 Å². The molecule has 1 N–H and O–H groups in total. The first kappa shape index (κ1) is 22.6. The van der Waals surface area contributed by atoms with Gasteiger partial charge in [0.15, 0.2) is 5.96 Å². The van der Waals surface area contributed by atoms with Crippen molar-refractivity contribution < 1.29 is 9.00 Å². The molecule has 6 nitrogen and oxygen atoms in total. The number of amides is 1. The molecular formula is C15H31IN4O2S. The summed E-state index contributed by atoms with van der Waals surface area (Å²) < 4.78 is 11.9. The van der Waals surface area contributed by atoms with E-state index in [0.29, 0.717) is 12.3 Å². The molecule has 1 heterocycles. The van der Waals surface area contributed by atoms with Gasteiger partial charge in [0, 0.05) is 60.9 Å². The lowest BCUT2D eigenvalue weighted by Crippen LogP contribution is -2.53. The van der Waals surface area contributed by atoms with Crippen LogP contribution in [0.15, 0.2) is 4.99 Å². The van der Waals surface area contributed by atoms with E-state index in [1.165, 1.54) is 0 Å². The molecule has 0 radical (unpaired) electrons. The van der Waals surface area contributed by atoms with Crippen LogP contribution in [-0.2, 0) is 15.6 Å². The maximum absolute atomic E-state index is 12.1.